The molecule has 1 aromatic rings. The van der Waals surface area contributed by atoms with Crippen LogP contribution in [-0.4, -0.2) is 68.5 Å². The maximum absolute atomic E-state index is 12.8. The first kappa shape index (κ1) is 20.3. The van der Waals surface area contributed by atoms with Crippen LogP contribution in [0.15, 0.2) is 24.3 Å². The number of nitrogens with one attached hydrogen (secondary N) is 1. The van der Waals surface area contributed by atoms with Crippen LogP contribution in [0.2, 0.25) is 0 Å². The van der Waals surface area contributed by atoms with Gasteiger partial charge in [0.15, 0.2) is 6.61 Å². The van der Waals surface area contributed by atoms with E-state index in [2.05, 4.69) is 5.32 Å². The quantitative estimate of drug-likeness (QED) is 0.867. The van der Waals surface area contributed by atoms with Crippen LogP contribution in [0.4, 0.5) is 0 Å². The summed E-state index contributed by atoms with van der Waals surface area (Å²) in [7, 11) is 5.27. The number of amides is 2. The molecule has 134 valence electrons. The number of benzene rings is 1. The summed E-state index contributed by atoms with van der Waals surface area (Å²) < 4.78 is 5.57. The van der Waals surface area contributed by atoms with Gasteiger partial charge in [0.25, 0.3) is 11.8 Å². The number of carbonyl (C=O) groups is 2. The standard InChI is InChI=1S/C17H25N3O3.ClH/c1-18-13-7-6-10-20(11-13)17(22)14-8-4-5-9-15(14)23-12-16(21)19(2)3;/h4-5,8-9,13,18H,6-7,10-12H2,1-3H3;1H. The Kier molecular flexibility index (Phi) is 8.01. The molecule has 1 aromatic carbocycles. The zero-order valence-corrected chi connectivity index (χ0v) is 15.3. The minimum atomic E-state index is -0.138. The monoisotopic (exact) mass is 355 g/mol. The molecule has 1 atom stereocenters. The van der Waals surface area contributed by atoms with Gasteiger partial charge < -0.3 is 19.9 Å². The normalized spacial score (nSPS) is 17.0. The molecule has 2 amide bonds. The van der Waals surface area contributed by atoms with Crippen LogP contribution in [0.3, 0.4) is 0 Å². The van der Waals surface area contributed by atoms with E-state index < -0.39 is 0 Å². The van der Waals surface area contributed by atoms with E-state index in [1.165, 1.54) is 4.90 Å². The van der Waals surface area contributed by atoms with Crippen molar-refractivity contribution >= 4 is 24.2 Å². The average Bonchev–Trinajstić information content (AvgIpc) is 2.59. The zero-order valence-electron chi connectivity index (χ0n) is 14.4. The number of carbonyl (C=O) groups excluding carboxylic acids is 2. The molecule has 0 radical (unpaired) electrons. The number of likely N-dealkylation sites (tertiary alicyclic amines) is 1. The molecule has 24 heavy (non-hydrogen) atoms. The smallest absolute Gasteiger partial charge is 0.259 e. The molecular formula is C17H26ClN3O3. The van der Waals surface area contributed by atoms with Crippen LogP contribution >= 0.6 is 12.4 Å². The van der Waals surface area contributed by atoms with Crippen molar-refractivity contribution < 1.29 is 14.3 Å². The zero-order chi connectivity index (χ0) is 16.8. The van der Waals surface area contributed by atoms with Gasteiger partial charge in [0.1, 0.15) is 5.75 Å². The summed E-state index contributed by atoms with van der Waals surface area (Å²) in [5.41, 5.74) is 0.510. The summed E-state index contributed by atoms with van der Waals surface area (Å²) in [6.07, 6.45) is 2.06. The molecule has 1 saturated heterocycles. The van der Waals surface area contributed by atoms with Crippen LogP contribution in [0, 0.1) is 0 Å². The summed E-state index contributed by atoms with van der Waals surface area (Å²) in [5.74, 6) is 0.276. The second-order valence-corrected chi connectivity index (χ2v) is 5.95. The van der Waals surface area contributed by atoms with E-state index >= 15 is 0 Å². The Hall–Kier alpha value is -1.79. The van der Waals surface area contributed by atoms with Crippen molar-refractivity contribution in [2.75, 3.05) is 40.8 Å². The molecule has 0 bridgehead atoms. The lowest BCUT2D eigenvalue weighted by molar-refractivity contribution is -0.130. The van der Waals surface area contributed by atoms with Gasteiger partial charge in [0.2, 0.25) is 0 Å². The maximum Gasteiger partial charge on any atom is 0.259 e. The van der Waals surface area contributed by atoms with Gasteiger partial charge in [-0.3, -0.25) is 9.59 Å². The van der Waals surface area contributed by atoms with Crippen LogP contribution in [0.25, 0.3) is 0 Å². The van der Waals surface area contributed by atoms with Crippen molar-refractivity contribution in [2.24, 2.45) is 0 Å². The summed E-state index contributed by atoms with van der Waals surface area (Å²) in [5, 5.41) is 3.23. The maximum atomic E-state index is 12.8. The highest BCUT2D eigenvalue weighted by Gasteiger charge is 2.25. The minimum absolute atomic E-state index is 0. The third-order valence-electron chi connectivity index (χ3n) is 4.08. The lowest BCUT2D eigenvalue weighted by atomic mass is 10.0. The highest BCUT2D eigenvalue weighted by atomic mass is 35.5. The SMILES string of the molecule is CNC1CCCN(C(=O)c2ccccc2OCC(=O)N(C)C)C1.Cl. The topological polar surface area (TPSA) is 61.9 Å². The van der Waals surface area contributed by atoms with E-state index in [9.17, 15) is 9.59 Å². The molecule has 1 unspecified atom stereocenters. The molecular weight excluding hydrogens is 330 g/mol. The Balaban J connectivity index is 0.00000288. The van der Waals surface area contributed by atoms with Gasteiger partial charge in [0, 0.05) is 33.2 Å². The van der Waals surface area contributed by atoms with Crippen molar-refractivity contribution in [1.29, 1.82) is 0 Å². The van der Waals surface area contributed by atoms with Crippen molar-refractivity contribution in [3.05, 3.63) is 29.8 Å². The fraction of sp³-hybridized carbons (Fsp3) is 0.529. The van der Waals surface area contributed by atoms with Gasteiger partial charge in [-0.05, 0) is 32.0 Å². The average molecular weight is 356 g/mol. The van der Waals surface area contributed by atoms with Crippen LogP contribution in [0.1, 0.15) is 23.2 Å². The molecule has 1 aliphatic heterocycles. The lowest BCUT2D eigenvalue weighted by Crippen LogP contribution is -2.47. The molecule has 1 fully saturated rings. The molecule has 1 N–H and O–H groups in total. The van der Waals surface area contributed by atoms with E-state index in [0.717, 1.165) is 19.4 Å². The van der Waals surface area contributed by atoms with E-state index in [-0.39, 0.29) is 30.8 Å². The van der Waals surface area contributed by atoms with Crippen molar-refractivity contribution in [1.82, 2.24) is 15.1 Å². The number of nitrogens with zero attached hydrogens (tertiary/aromatic N) is 2. The number of ether oxygens (including phenoxy) is 1. The van der Waals surface area contributed by atoms with E-state index in [0.29, 0.717) is 23.9 Å². The first-order valence-electron chi connectivity index (χ1n) is 7.91. The number of hydrogen-bond donors (Lipinski definition) is 1. The fourth-order valence-electron chi connectivity index (χ4n) is 2.61. The van der Waals surface area contributed by atoms with Gasteiger partial charge in [-0.25, -0.2) is 0 Å². The Morgan fingerprint density at radius 2 is 2.04 bits per heavy atom. The summed E-state index contributed by atoms with van der Waals surface area (Å²) >= 11 is 0. The van der Waals surface area contributed by atoms with Crippen LogP contribution in [0.5, 0.6) is 5.75 Å². The Morgan fingerprint density at radius 3 is 2.71 bits per heavy atom. The fourth-order valence-corrected chi connectivity index (χ4v) is 2.61. The van der Waals surface area contributed by atoms with Crippen molar-refractivity contribution in [3.8, 4) is 5.75 Å². The summed E-state index contributed by atoms with van der Waals surface area (Å²) in [6.45, 7) is 1.37. The van der Waals surface area contributed by atoms with Gasteiger partial charge >= 0.3 is 0 Å². The van der Waals surface area contributed by atoms with Gasteiger partial charge in [-0.1, -0.05) is 12.1 Å². The van der Waals surface area contributed by atoms with Gasteiger partial charge in [0.05, 0.1) is 5.56 Å². The first-order chi connectivity index (χ1) is 11.0. The van der Waals surface area contributed by atoms with E-state index in [1.807, 2.05) is 18.0 Å². The minimum Gasteiger partial charge on any atom is -0.483 e. The molecule has 2 rings (SSSR count). The predicted octanol–water partition coefficient (Wildman–Crippen LogP) is 1.40. The number of piperidine rings is 1. The third kappa shape index (κ3) is 5.11. The highest BCUT2D eigenvalue weighted by Crippen LogP contribution is 2.22. The molecule has 1 aliphatic rings. The summed E-state index contributed by atoms with van der Waals surface area (Å²) in [4.78, 5) is 27.8. The predicted molar refractivity (Wildman–Crippen MR) is 95.9 cm³/mol. The summed E-state index contributed by atoms with van der Waals surface area (Å²) in [6, 6.07) is 7.43. The van der Waals surface area contributed by atoms with Gasteiger partial charge in [-0.2, -0.15) is 0 Å². The van der Waals surface area contributed by atoms with Crippen LogP contribution in [-0.2, 0) is 4.79 Å². The van der Waals surface area contributed by atoms with Crippen molar-refractivity contribution in [3.63, 3.8) is 0 Å². The number of halogens is 1. The number of rotatable bonds is 5. The third-order valence-corrected chi connectivity index (χ3v) is 4.08. The Bertz CT molecular complexity index is 566. The molecule has 0 aliphatic carbocycles. The molecule has 1 heterocycles. The van der Waals surface area contributed by atoms with Crippen molar-refractivity contribution in [2.45, 2.75) is 18.9 Å². The Labute approximate surface area is 149 Å². The molecule has 0 saturated carbocycles. The number of para-hydroxylation sites is 1. The molecule has 0 spiro atoms. The lowest BCUT2D eigenvalue weighted by Gasteiger charge is -2.33. The van der Waals surface area contributed by atoms with E-state index in [1.54, 1.807) is 32.3 Å². The number of hydrogen-bond acceptors (Lipinski definition) is 4. The molecule has 0 aromatic heterocycles. The second-order valence-electron chi connectivity index (χ2n) is 5.95. The molecule has 6 nitrogen and oxygen atoms in total. The van der Waals surface area contributed by atoms with E-state index in [4.69, 9.17) is 4.74 Å². The number of likely N-dealkylation sites (N-methyl/N-ethyl adjacent to an activating group) is 2. The largest absolute Gasteiger partial charge is 0.483 e. The van der Waals surface area contributed by atoms with Crippen LogP contribution < -0.4 is 10.1 Å². The first-order valence-corrected chi connectivity index (χ1v) is 7.91. The second kappa shape index (κ2) is 9.49. The van der Waals surface area contributed by atoms with Gasteiger partial charge in [-0.15, -0.1) is 12.4 Å². The Morgan fingerprint density at radius 1 is 1.33 bits per heavy atom. The molecule has 7 heteroatoms. The highest BCUT2D eigenvalue weighted by molar-refractivity contribution is 5.97.